The molecule has 2 unspecified atom stereocenters. The van der Waals surface area contributed by atoms with E-state index in [0.717, 1.165) is 5.56 Å². The molecular formula is C27H39N5O7SSi. The summed E-state index contributed by atoms with van der Waals surface area (Å²) in [6.07, 6.45) is 0.487. The van der Waals surface area contributed by atoms with Crippen molar-refractivity contribution >= 4 is 41.4 Å². The van der Waals surface area contributed by atoms with E-state index >= 15 is 0 Å². The predicted molar refractivity (Wildman–Crippen MR) is 155 cm³/mol. The van der Waals surface area contributed by atoms with Crippen molar-refractivity contribution in [2.24, 2.45) is 5.92 Å². The molecule has 0 bridgehead atoms. The van der Waals surface area contributed by atoms with E-state index in [9.17, 15) is 13.2 Å². The molecule has 4 atom stereocenters. The number of nitrogens with two attached hydrogens (primary N) is 1. The fourth-order valence-corrected chi connectivity index (χ4v) is 6.72. The predicted octanol–water partition coefficient (Wildman–Crippen LogP) is 3.98. The highest BCUT2D eigenvalue weighted by Crippen LogP contribution is 2.45. The van der Waals surface area contributed by atoms with Crippen LogP contribution in [0.25, 0.3) is 11.2 Å². The first kappa shape index (κ1) is 31.0. The second kappa shape index (κ2) is 11.8. The van der Waals surface area contributed by atoms with Crippen molar-refractivity contribution in [2.75, 3.05) is 18.9 Å². The minimum Gasteiger partial charge on any atom is -0.466 e. The molecule has 41 heavy (non-hydrogen) atoms. The molecule has 3 aromatic rings. The highest BCUT2D eigenvalue weighted by molar-refractivity contribution is 7.86. The van der Waals surface area contributed by atoms with Gasteiger partial charge in [-0.15, -0.1) is 0 Å². The molecular weight excluding hydrogens is 566 g/mol. The molecule has 14 heteroatoms. The van der Waals surface area contributed by atoms with Gasteiger partial charge in [-0.1, -0.05) is 38.5 Å². The Morgan fingerprint density at radius 2 is 1.83 bits per heavy atom. The van der Waals surface area contributed by atoms with Crippen molar-refractivity contribution in [3.05, 3.63) is 42.5 Å². The van der Waals surface area contributed by atoms with E-state index in [-0.39, 0.29) is 35.4 Å². The van der Waals surface area contributed by atoms with Crippen LogP contribution in [0.15, 0.2) is 41.8 Å². The van der Waals surface area contributed by atoms with Gasteiger partial charge >= 0.3 is 5.97 Å². The molecule has 2 N–H and O–H groups in total. The van der Waals surface area contributed by atoms with Crippen molar-refractivity contribution in [1.29, 1.82) is 0 Å². The molecule has 224 valence electrons. The topological polar surface area (TPSA) is 158 Å². The molecule has 0 saturated carbocycles. The number of nitrogens with zero attached hydrogens (tertiary/aromatic N) is 4. The largest absolute Gasteiger partial charge is 0.466 e. The highest BCUT2D eigenvalue weighted by atomic mass is 32.2. The summed E-state index contributed by atoms with van der Waals surface area (Å²) in [5.41, 5.74) is 7.78. The number of aromatic nitrogens is 4. The first-order valence-corrected chi connectivity index (χ1v) is 17.8. The summed E-state index contributed by atoms with van der Waals surface area (Å²) in [6, 6.07) is 6.37. The summed E-state index contributed by atoms with van der Waals surface area (Å²) < 4.78 is 52.0. The number of fused-ring (bicyclic) bond motifs is 1. The molecule has 0 spiro atoms. The SMILES string of the molecule is CCOC(=O)CC1C(O[Si](C)(C)C(C)(C)C)[C@H](n2cnc3c(N)ncnc32)O[C@@H]1COS(=O)(=O)c1ccc(C)cc1. The smallest absolute Gasteiger partial charge is 0.306 e. The van der Waals surface area contributed by atoms with Crippen LogP contribution in [0.3, 0.4) is 0 Å². The van der Waals surface area contributed by atoms with Gasteiger partial charge in [-0.2, -0.15) is 8.42 Å². The average Bonchev–Trinajstić information content (AvgIpc) is 3.45. The van der Waals surface area contributed by atoms with Crippen molar-refractivity contribution in [3.8, 4) is 0 Å². The summed E-state index contributed by atoms with van der Waals surface area (Å²) in [5.74, 6) is -0.835. The van der Waals surface area contributed by atoms with Crippen LogP contribution in [-0.2, 0) is 33.0 Å². The Balaban J connectivity index is 1.74. The van der Waals surface area contributed by atoms with Crippen LogP contribution in [0.2, 0.25) is 18.1 Å². The standard InChI is InChI=1S/C27H39N5O7SSi/c1-8-36-21(33)13-19-20(14-37-40(34,35)18-11-9-17(2)10-12-18)38-26(23(19)39-41(6,7)27(3,4)5)32-16-31-22-24(28)29-15-30-25(22)32/h9-12,15-16,19-20,23,26H,8,13-14H2,1-7H3,(H2,28,29,30)/t19?,20-,23?,26-/m1/s1. The molecule has 12 nitrogen and oxygen atoms in total. The Bertz CT molecular complexity index is 1490. The molecule has 0 aliphatic carbocycles. The molecule has 0 radical (unpaired) electrons. The monoisotopic (exact) mass is 605 g/mol. The molecule has 1 aliphatic rings. The van der Waals surface area contributed by atoms with Crippen molar-refractivity contribution < 1.29 is 31.3 Å². The van der Waals surface area contributed by atoms with Crippen LogP contribution in [0.5, 0.6) is 0 Å². The van der Waals surface area contributed by atoms with Crippen LogP contribution < -0.4 is 5.73 Å². The third-order valence-electron chi connectivity index (χ3n) is 7.80. The van der Waals surface area contributed by atoms with Crippen LogP contribution in [-0.4, -0.2) is 67.6 Å². The maximum absolute atomic E-state index is 13.1. The molecule has 1 fully saturated rings. The summed E-state index contributed by atoms with van der Waals surface area (Å²) in [5, 5.41) is -0.168. The van der Waals surface area contributed by atoms with Gasteiger partial charge < -0.3 is 19.6 Å². The zero-order valence-electron chi connectivity index (χ0n) is 24.5. The summed E-state index contributed by atoms with van der Waals surface area (Å²) >= 11 is 0. The van der Waals surface area contributed by atoms with Crippen LogP contribution in [0.1, 0.15) is 45.9 Å². The highest BCUT2D eigenvalue weighted by Gasteiger charge is 2.52. The van der Waals surface area contributed by atoms with Gasteiger partial charge in [0.15, 0.2) is 26.0 Å². The minimum atomic E-state index is -4.10. The Hall–Kier alpha value is -2.91. The Morgan fingerprint density at radius 1 is 1.15 bits per heavy atom. The van der Waals surface area contributed by atoms with E-state index in [1.807, 2.05) is 6.92 Å². The molecule has 4 rings (SSSR count). The third-order valence-corrected chi connectivity index (χ3v) is 13.6. The van der Waals surface area contributed by atoms with Gasteiger partial charge in [-0.3, -0.25) is 13.5 Å². The second-order valence-corrected chi connectivity index (χ2v) is 18.1. The van der Waals surface area contributed by atoms with E-state index in [1.165, 1.54) is 24.8 Å². The zero-order chi connectivity index (χ0) is 30.2. The van der Waals surface area contributed by atoms with Crippen molar-refractivity contribution in [3.63, 3.8) is 0 Å². The molecule has 2 aromatic heterocycles. The first-order chi connectivity index (χ1) is 19.1. The first-order valence-electron chi connectivity index (χ1n) is 13.5. The van der Waals surface area contributed by atoms with Gasteiger partial charge in [0.05, 0.1) is 43.1 Å². The molecule has 1 aromatic carbocycles. The van der Waals surface area contributed by atoms with E-state index in [2.05, 4.69) is 48.8 Å². The number of esters is 1. The number of rotatable bonds is 10. The number of nitrogen functional groups attached to an aromatic ring is 1. The molecule has 1 saturated heterocycles. The van der Waals surface area contributed by atoms with Crippen LogP contribution in [0, 0.1) is 12.8 Å². The van der Waals surface area contributed by atoms with E-state index in [1.54, 1.807) is 23.6 Å². The van der Waals surface area contributed by atoms with Crippen LogP contribution >= 0.6 is 0 Å². The Labute approximate surface area is 241 Å². The lowest BCUT2D eigenvalue weighted by Crippen LogP contribution is -2.47. The fourth-order valence-electron chi connectivity index (χ4n) is 4.48. The zero-order valence-corrected chi connectivity index (χ0v) is 26.3. The van der Waals surface area contributed by atoms with Crippen LogP contribution in [0.4, 0.5) is 5.82 Å². The van der Waals surface area contributed by atoms with Gasteiger partial charge in [0.1, 0.15) is 11.8 Å². The van der Waals surface area contributed by atoms with Gasteiger partial charge in [0.25, 0.3) is 10.1 Å². The lowest BCUT2D eigenvalue weighted by molar-refractivity contribution is -0.145. The lowest BCUT2D eigenvalue weighted by atomic mass is 9.94. The van der Waals surface area contributed by atoms with Crippen molar-refractivity contribution in [1.82, 2.24) is 19.5 Å². The number of benzene rings is 1. The maximum atomic E-state index is 13.1. The fraction of sp³-hybridized carbons (Fsp3) is 0.556. The number of carbonyl (C=O) groups excluding carboxylic acids is 1. The average molecular weight is 606 g/mol. The lowest BCUT2D eigenvalue weighted by Gasteiger charge is -2.40. The minimum absolute atomic E-state index is 0.0291. The maximum Gasteiger partial charge on any atom is 0.306 e. The number of imidazole rings is 1. The van der Waals surface area contributed by atoms with Gasteiger partial charge in [0, 0.05) is 5.92 Å². The summed E-state index contributed by atoms with van der Waals surface area (Å²) in [4.78, 5) is 25.6. The van der Waals surface area contributed by atoms with Gasteiger partial charge in [0.2, 0.25) is 0 Å². The molecule has 3 heterocycles. The van der Waals surface area contributed by atoms with Crippen molar-refractivity contribution in [2.45, 2.75) is 82.5 Å². The van der Waals surface area contributed by atoms with Gasteiger partial charge in [-0.25, -0.2) is 15.0 Å². The number of ether oxygens (including phenoxy) is 2. The normalized spacial score (nSPS) is 21.8. The third kappa shape index (κ3) is 6.61. The van der Waals surface area contributed by atoms with E-state index < -0.39 is 48.8 Å². The second-order valence-electron chi connectivity index (χ2n) is 11.7. The quantitative estimate of drug-likeness (QED) is 0.202. The molecule has 1 aliphatic heterocycles. The Kier molecular flexibility index (Phi) is 8.90. The molecule has 0 amide bonds. The number of hydrogen-bond donors (Lipinski definition) is 1. The van der Waals surface area contributed by atoms with E-state index in [0.29, 0.717) is 11.2 Å². The number of carbonyl (C=O) groups is 1. The van der Waals surface area contributed by atoms with Gasteiger partial charge in [-0.05, 0) is 44.1 Å². The summed E-state index contributed by atoms with van der Waals surface area (Å²) in [6.45, 7) is 14.0. The number of hydrogen-bond acceptors (Lipinski definition) is 11. The van der Waals surface area contributed by atoms with E-state index in [4.69, 9.17) is 23.8 Å². The number of aryl methyl sites for hydroxylation is 1. The number of anilines is 1. The Morgan fingerprint density at radius 3 is 2.46 bits per heavy atom. The summed E-state index contributed by atoms with van der Waals surface area (Å²) in [7, 11) is -6.54.